The second-order valence-corrected chi connectivity index (χ2v) is 6.90. The molecule has 4 rings (SSSR count). The van der Waals surface area contributed by atoms with Crippen molar-refractivity contribution >= 4 is 28.2 Å². The molecule has 1 aromatic heterocycles. The molecule has 0 aliphatic carbocycles. The highest BCUT2D eigenvalue weighted by Crippen LogP contribution is 2.37. The second kappa shape index (κ2) is 8.84. The van der Waals surface area contributed by atoms with Crippen molar-refractivity contribution in [1.82, 2.24) is 9.47 Å². The van der Waals surface area contributed by atoms with E-state index in [0.29, 0.717) is 0 Å². The fourth-order valence-electron chi connectivity index (χ4n) is 3.94. The Kier molecular flexibility index (Phi) is 6.47. The van der Waals surface area contributed by atoms with Crippen molar-refractivity contribution < 1.29 is 24.0 Å². The van der Waals surface area contributed by atoms with Crippen molar-refractivity contribution in [2.75, 3.05) is 13.1 Å². The van der Waals surface area contributed by atoms with Crippen LogP contribution < -0.4 is 28.5 Å². The summed E-state index contributed by atoms with van der Waals surface area (Å²) in [6.07, 6.45) is 13.0. The maximum atomic E-state index is 4.44. The van der Waals surface area contributed by atoms with Crippen LogP contribution in [0.15, 0.2) is 85.2 Å². The molecule has 1 aliphatic rings. The van der Waals surface area contributed by atoms with Crippen LogP contribution in [0.3, 0.4) is 0 Å². The maximum absolute atomic E-state index is 4.44. The van der Waals surface area contributed by atoms with E-state index in [4.69, 9.17) is 0 Å². The zero-order chi connectivity index (χ0) is 18.7. The largest absolute Gasteiger partial charge is 1.00 e. The number of nitrogens with zero attached hydrogens (tertiary/aromatic N) is 2. The number of quaternary nitrogens is 1. The van der Waals surface area contributed by atoms with Crippen LogP contribution in [0.2, 0.25) is 0 Å². The average molecular weight is 480 g/mol. The van der Waals surface area contributed by atoms with Crippen LogP contribution in [-0.2, 0) is 0 Å². The first-order valence-electron chi connectivity index (χ1n) is 9.65. The van der Waals surface area contributed by atoms with Crippen molar-refractivity contribution in [2.24, 2.45) is 0 Å². The Morgan fingerprint density at radius 2 is 1.68 bits per heavy atom. The minimum absolute atomic E-state index is 0. The summed E-state index contributed by atoms with van der Waals surface area (Å²) in [5.41, 5.74) is 6.20. The van der Waals surface area contributed by atoms with Crippen molar-refractivity contribution in [3.05, 3.63) is 96.3 Å². The normalized spacial score (nSPS) is 16.3. The molecule has 28 heavy (non-hydrogen) atoms. The standard InChI is InChI=1S/C25H25N2.HI/c1-3-27(4-2)19-17-21(23-13-6-8-15-25(23)27)11-9-10-20-16-18-26-24-14-7-5-12-22(20)24;/h5-19H,3-4H2,1-2H3;1H/q+1;/p-1. The van der Waals surface area contributed by atoms with Gasteiger partial charge >= 0.3 is 0 Å². The van der Waals surface area contributed by atoms with Crippen molar-refractivity contribution in [3.63, 3.8) is 0 Å². The number of benzene rings is 2. The van der Waals surface area contributed by atoms with Crippen LogP contribution in [0.1, 0.15) is 25.0 Å². The quantitative estimate of drug-likeness (QED) is 0.413. The van der Waals surface area contributed by atoms with Gasteiger partial charge in [-0.3, -0.25) is 9.47 Å². The first-order valence-corrected chi connectivity index (χ1v) is 9.65. The summed E-state index contributed by atoms with van der Waals surface area (Å²) < 4.78 is 0.909. The lowest BCUT2D eigenvalue weighted by molar-refractivity contribution is -0.00000533. The van der Waals surface area contributed by atoms with E-state index >= 15 is 0 Å². The van der Waals surface area contributed by atoms with E-state index in [9.17, 15) is 0 Å². The van der Waals surface area contributed by atoms with Gasteiger partial charge in [0, 0.05) is 23.2 Å². The summed E-state index contributed by atoms with van der Waals surface area (Å²) >= 11 is 0. The molecule has 0 unspecified atom stereocenters. The summed E-state index contributed by atoms with van der Waals surface area (Å²) in [6, 6.07) is 19.1. The molecule has 2 aromatic carbocycles. The Hall–Kier alpha value is -2.24. The van der Waals surface area contributed by atoms with Gasteiger partial charge in [0.1, 0.15) is 11.9 Å². The molecule has 142 valence electrons. The van der Waals surface area contributed by atoms with Crippen molar-refractivity contribution in [3.8, 4) is 0 Å². The van der Waals surface area contributed by atoms with Gasteiger partial charge in [-0.2, -0.15) is 0 Å². The Bertz CT molecular complexity index is 1050. The topological polar surface area (TPSA) is 12.9 Å². The second-order valence-electron chi connectivity index (χ2n) is 6.90. The molecule has 0 saturated carbocycles. The zero-order valence-electron chi connectivity index (χ0n) is 16.3. The predicted molar refractivity (Wildman–Crippen MR) is 117 cm³/mol. The number of halogens is 1. The lowest BCUT2D eigenvalue weighted by atomic mass is 9.97. The highest BCUT2D eigenvalue weighted by molar-refractivity contribution is 5.89. The molecule has 0 bridgehead atoms. The van der Waals surface area contributed by atoms with Gasteiger partial charge < -0.3 is 24.0 Å². The zero-order valence-corrected chi connectivity index (χ0v) is 18.5. The van der Waals surface area contributed by atoms with Crippen LogP contribution in [0.4, 0.5) is 5.69 Å². The molecule has 0 amide bonds. The molecule has 2 heterocycles. The van der Waals surface area contributed by atoms with Gasteiger partial charge in [0.2, 0.25) is 0 Å². The molecule has 0 N–H and O–H groups in total. The third kappa shape index (κ3) is 3.69. The molecule has 1 aliphatic heterocycles. The van der Waals surface area contributed by atoms with Gasteiger partial charge in [-0.05, 0) is 49.3 Å². The lowest BCUT2D eigenvalue weighted by Gasteiger charge is -2.36. The van der Waals surface area contributed by atoms with Gasteiger partial charge in [-0.15, -0.1) is 0 Å². The Balaban J connectivity index is 0.00000225. The molecule has 3 aromatic rings. The van der Waals surface area contributed by atoms with Gasteiger partial charge in [0.05, 0.1) is 18.6 Å². The van der Waals surface area contributed by atoms with Crippen LogP contribution in [0.25, 0.3) is 22.6 Å². The van der Waals surface area contributed by atoms with Gasteiger partial charge in [0.25, 0.3) is 0 Å². The molecular formula is C25H25IN2. The Morgan fingerprint density at radius 3 is 2.50 bits per heavy atom. The summed E-state index contributed by atoms with van der Waals surface area (Å²) in [6.45, 7) is 6.65. The number of allylic oxidation sites excluding steroid dienone is 4. The van der Waals surface area contributed by atoms with E-state index in [2.05, 4.69) is 97.9 Å². The third-order valence-corrected chi connectivity index (χ3v) is 5.60. The van der Waals surface area contributed by atoms with Crippen molar-refractivity contribution in [1.29, 1.82) is 0 Å². The highest BCUT2D eigenvalue weighted by atomic mass is 127. The molecular weight excluding hydrogens is 455 g/mol. The maximum Gasteiger partial charge on any atom is 0.145 e. The number of rotatable bonds is 4. The Labute approximate surface area is 184 Å². The fraction of sp³-hybridized carbons (Fsp3) is 0.160. The van der Waals surface area contributed by atoms with Gasteiger partial charge in [-0.1, -0.05) is 48.6 Å². The molecule has 3 heteroatoms. The minimum Gasteiger partial charge on any atom is -1.00 e. The molecule has 0 radical (unpaired) electrons. The van der Waals surface area contributed by atoms with Crippen LogP contribution >= 0.6 is 0 Å². The monoisotopic (exact) mass is 480 g/mol. The van der Waals surface area contributed by atoms with Crippen molar-refractivity contribution in [2.45, 2.75) is 13.8 Å². The van der Waals surface area contributed by atoms with E-state index in [-0.39, 0.29) is 24.0 Å². The summed E-state index contributed by atoms with van der Waals surface area (Å²) in [5.74, 6) is 0. The predicted octanol–water partition coefficient (Wildman–Crippen LogP) is 3.21. The SMILES string of the molecule is CC[N+]1(CC)C=CC(=CC=Cc2ccnc3ccccc23)c2ccccc21.[I-]. The first-order chi connectivity index (χ1) is 13.3. The van der Waals surface area contributed by atoms with E-state index in [0.717, 1.165) is 23.1 Å². The van der Waals surface area contributed by atoms with Gasteiger partial charge in [-0.25, -0.2) is 0 Å². The van der Waals surface area contributed by atoms with Crippen LogP contribution in [0.5, 0.6) is 0 Å². The van der Waals surface area contributed by atoms with E-state index in [1.165, 1.54) is 27.8 Å². The fourth-order valence-corrected chi connectivity index (χ4v) is 3.94. The lowest BCUT2D eigenvalue weighted by Crippen LogP contribution is -3.00. The summed E-state index contributed by atoms with van der Waals surface area (Å²) in [5, 5.41) is 1.18. The molecule has 0 spiro atoms. The van der Waals surface area contributed by atoms with Crippen LogP contribution in [-0.4, -0.2) is 18.1 Å². The molecule has 0 fully saturated rings. The van der Waals surface area contributed by atoms with E-state index in [1.54, 1.807) is 0 Å². The number of hydrogen-bond donors (Lipinski definition) is 0. The smallest absolute Gasteiger partial charge is 0.145 e. The molecule has 0 saturated heterocycles. The summed E-state index contributed by atoms with van der Waals surface area (Å²) in [4.78, 5) is 4.44. The van der Waals surface area contributed by atoms with Crippen LogP contribution in [0, 0.1) is 0 Å². The summed E-state index contributed by atoms with van der Waals surface area (Å²) in [7, 11) is 0. The minimum atomic E-state index is 0. The number of aromatic nitrogens is 1. The van der Waals surface area contributed by atoms with Gasteiger partial charge in [0.15, 0.2) is 0 Å². The third-order valence-electron chi connectivity index (χ3n) is 5.60. The van der Waals surface area contributed by atoms with E-state index < -0.39 is 0 Å². The number of hydrogen-bond acceptors (Lipinski definition) is 1. The first kappa shape index (κ1) is 20.5. The average Bonchev–Trinajstić information content (AvgIpc) is 2.74. The number of fused-ring (bicyclic) bond motifs is 2. The molecule has 2 nitrogen and oxygen atoms in total. The van der Waals surface area contributed by atoms with E-state index in [1.807, 2.05) is 12.3 Å². The highest BCUT2D eigenvalue weighted by Gasteiger charge is 2.30. The number of para-hydroxylation sites is 2. The number of pyridine rings is 1. The molecule has 0 atom stereocenters. The Morgan fingerprint density at radius 1 is 0.929 bits per heavy atom.